The quantitative estimate of drug-likeness (QED) is 0.606. The molecule has 1 atom stereocenters. The molecule has 7 heteroatoms. The van der Waals surface area contributed by atoms with Crippen molar-refractivity contribution >= 4 is 17.3 Å². The topological polar surface area (TPSA) is 102 Å². The lowest BCUT2D eigenvalue weighted by Gasteiger charge is -2.16. The maximum atomic E-state index is 12.0. The zero-order valence-corrected chi connectivity index (χ0v) is 11.8. The standard InChI is InChI=1S/C14H20N4O3/c15-9-11-6-8-17(10-11)14(19)5-7-16-12-3-1-2-4-13(12)18(20)21/h1-4,11,16H,5-10,15H2. The number of amides is 1. The zero-order chi connectivity index (χ0) is 15.2. The van der Waals surface area contributed by atoms with Crippen LogP contribution in [0, 0.1) is 16.0 Å². The van der Waals surface area contributed by atoms with Crippen molar-refractivity contribution < 1.29 is 9.72 Å². The Labute approximate surface area is 123 Å². The Morgan fingerprint density at radius 1 is 1.48 bits per heavy atom. The summed E-state index contributed by atoms with van der Waals surface area (Å²) in [6.45, 7) is 2.47. The van der Waals surface area contributed by atoms with E-state index in [1.54, 1.807) is 18.2 Å². The van der Waals surface area contributed by atoms with Crippen molar-refractivity contribution in [2.75, 3.05) is 31.5 Å². The number of nitrogens with one attached hydrogen (secondary N) is 1. The van der Waals surface area contributed by atoms with E-state index in [9.17, 15) is 14.9 Å². The number of nitrogens with zero attached hydrogens (tertiary/aromatic N) is 2. The first-order chi connectivity index (χ1) is 10.1. The van der Waals surface area contributed by atoms with Crippen LogP contribution in [0.1, 0.15) is 12.8 Å². The minimum Gasteiger partial charge on any atom is -0.379 e. The lowest BCUT2D eigenvalue weighted by Crippen LogP contribution is -2.31. The van der Waals surface area contributed by atoms with Crippen molar-refractivity contribution in [2.24, 2.45) is 11.7 Å². The van der Waals surface area contributed by atoms with E-state index in [1.165, 1.54) is 6.07 Å². The summed E-state index contributed by atoms with van der Waals surface area (Å²) in [6, 6.07) is 6.43. The number of benzene rings is 1. The Morgan fingerprint density at radius 2 is 2.24 bits per heavy atom. The monoisotopic (exact) mass is 292 g/mol. The minimum atomic E-state index is -0.434. The number of anilines is 1. The second-order valence-electron chi connectivity index (χ2n) is 5.18. The van der Waals surface area contributed by atoms with Crippen LogP contribution in [0.5, 0.6) is 0 Å². The number of likely N-dealkylation sites (tertiary alicyclic amines) is 1. The molecule has 1 saturated heterocycles. The van der Waals surface area contributed by atoms with Crippen LogP contribution in [0.25, 0.3) is 0 Å². The predicted octanol–water partition coefficient (Wildman–Crippen LogP) is 1.20. The van der Waals surface area contributed by atoms with Crippen molar-refractivity contribution in [3.8, 4) is 0 Å². The van der Waals surface area contributed by atoms with E-state index in [4.69, 9.17) is 5.73 Å². The molecule has 2 rings (SSSR count). The molecule has 21 heavy (non-hydrogen) atoms. The van der Waals surface area contributed by atoms with Crippen LogP contribution in [0.2, 0.25) is 0 Å². The van der Waals surface area contributed by atoms with E-state index in [-0.39, 0.29) is 11.6 Å². The molecule has 0 spiro atoms. The number of nitro benzene ring substituents is 1. The normalized spacial score (nSPS) is 17.8. The van der Waals surface area contributed by atoms with Gasteiger partial charge in [0.1, 0.15) is 5.69 Å². The van der Waals surface area contributed by atoms with Gasteiger partial charge in [0, 0.05) is 32.1 Å². The van der Waals surface area contributed by atoms with Crippen LogP contribution in [0.4, 0.5) is 11.4 Å². The van der Waals surface area contributed by atoms with Gasteiger partial charge in [0.15, 0.2) is 0 Å². The molecule has 1 aromatic rings. The number of nitrogens with two attached hydrogens (primary N) is 1. The highest BCUT2D eigenvalue weighted by Gasteiger charge is 2.24. The van der Waals surface area contributed by atoms with Gasteiger partial charge in [0.2, 0.25) is 5.91 Å². The first kappa shape index (κ1) is 15.2. The highest BCUT2D eigenvalue weighted by molar-refractivity contribution is 5.77. The van der Waals surface area contributed by atoms with Gasteiger partial charge in [-0.2, -0.15) is 0 Å². The van der Waals surface area contributed by atoms with E-state index in [0.29, 0.717) is 31.1 Å². The molecule has 1 aliphatic heterocycles. The SMILES string of the molecule is NCC1CCN(C(=O)CCNc2ccccc2[N+](=O)[O-])C1. The van der Waals surface area contributed by atoms with Gasteiger partial charge in [-0.05, 0) is 24.9 Å². The van der Waals surface area contributed by atoms with E-state index in [2.05, 4.69) is 5.32 Å². The van der Waals surface area contributed by atoms with Crippen LogP contribution in [-0.4, -0.2) is 41.9 Å². The summed E-state index contributed by atoms with van der Waals surface area (Å²) < 4.78 is 0. The Bertz CT molecular complexity index is 521. The fourth-order valence-electron chi connectivity index (χ4n) is 2.50. The minimum absolute atomic E-state index is 0.0225. The predicted molar refractivity (Wildman–Crippen MR) is 79.9 cm³/mol. The lowest BCUT2D eigenvalue weighted by atomic mass is 10.1. The van der Waals surface area contributed by atoms with Gasteiger partial charge in [-0.3, -0.25) is 14.9 Å². The fraction of sp³-hybridized carbons (Fsp3) is 0.500. The van der Waals surface area contributed by atoms with Crippen molar-refractivity contribution in [1.82, 2.24) is 4.90 Å². The molecular weight excluding hydrogens is 272 g/mol. The highest BCUT2D eigenvalue weighted by Crippen LogP contribution is 2.23. The molecule has 0 radical (unpaired) electrons. The van der Waals surface area contributed by atoms with Gasteiger partial charge in [0.05, 0.1) is 4.92 Å². The molecule has 3 N–H and O–H groups in total. The largest absolute Gasteiger partial charge is 0.379 e. The Morgan fingerprint density at radius 3 is 2.90 bits per heavy atom. The maximum absolute atomic E-state index is 12.0. The summed E-state index contributed by atoms with van der Waals surface area (Å²) >= 11 is 0. The molecule has 0 aliphatic carbocycles. The second-order valence-corrected chi connectivity index (χ2v) is 5.18. The van der Waals surface area contributed by atoms with Crippen molar-refractivity contribution in [2.45, 2.75) is 12.8 Å². The third-order valence-electron chi connectivity index (χ3n) is 3.73. The maximum Gasteiger partial charge on any atom is 0.292 e. The first-order valence-electron chi connectivity index (χ1n) is 7.07. The third kappa shape index (κ3) is 3.91. The number of nitro groups is 1. The van der Waals surface area contributed by atoms with E-state index in [1.807, 2.05) is 4.90 Å². The molecule has 1 heterocycles. The molecule has 1 unspecified atom stereocenters. The molecule has 1 amide bonds. The number of carbonyl (C=O) groups excluding carboxylic acids is 1. The van der Waals surface area contributed by atoms with Gasteiger partial charge in [-0.25, -0.2) is 0 Å². The van der Waals surface area contributed by atoms with Gasteiger partial charge >= 0.3 is 0 Å². The van der Waals surface area contributed by atoms with E-state index >= 15 is 0 Å². The van der Waals surface area contributed by atoms with Gasteiger partial charge in [-0.15, -0.1) is 0 Å². The Kier molecular flexibility index (Phi) is 5.10. The van der Waals surface area contributed by atoms with Gasteiger partial charge in [-0.1, -0.05) is 12.1 Å². The number of carbonyl (C=O) groups is 1. The molecule has 114 valence electrons. The number of hydrogen-bond acceptors (Lipinski definition) is 5. The average Bonchev–Trinajstić information content (AvgIpc) is 2.96. The fourth-order valence-corrected chi connectivity index (χ4v) is 2.50. The number of hydrogen-bond donors (Lipinski definition) is 2. The molecule has 0 saturated carbocycles. The van der Waals surface area contributed by atoms with Crippen LogP contribution >= 0.6 is 0 Å². The smallest absolute Gasteiger partial charge is 0.292 e. The van der Waals surface area contributed by atoms with Crippen LogP contribution in [0.3, 0.4) is 0 Å². The second kappa shape index (κ2) is 7.03. The Balaban J connectivity index is 1.82. The molecular formula is C14H20N4O3. The summed E-state index contributed by atoms with van der Waals surface area (Å²) in [4.78, 5) is 24.3. The summed E-state index contributed by atoms with van der Waals surface area (Å²) in [7, 11) is 0. The summed E-state index contributed by atoms with van der Waals surface area (Å²) in [5.41, 5.74) is 6.07. The summed E-state index contributed by atoms with van der Waals surface area (Å²) in [5.74, 6) is 0.467. The van der Waals surface area contributed by atoms with Crippen molar-refractivity contribution in [3.63, 3.8) is 0 Å². The third-order valence-corrected chi connectivity index (χ3v) is 3.73. The van der Waals surface area contributed by atoms with Crippen LogP contribution < -0.4 is 11.1 Å². The van der Waals surface area contributed by atoms with Crippen LogP contribution in [0.15, 0.2) is 24.3 Å². The first-order valence-corrected chi connectivity index (χ1v) is 7.07. The summed E-state index contributed by atoms with van der Waals surface area (Å²) in [5, 5.41) is 13.8. The van der Waals surface area contributed by atoms with Crippen LogP contribution in [-0.2, 0) is 4.79 Å². The highest BCUT2D eigenvalue weighted by atomic mass is 16.6. The van der Waals surface area contributed by atoms with Gasteiger partial charge < -0.3 is 16.0 Å². The molecule has 7 nitrogen and oxygen atoms in total. The zero-order valence-electron chi connectivity index (χ0n) is 11.8. The molecule has 1 aliphatic rings. The van der Waals surface area contributed by atoms with Gasteiger partial charge in [0.25, 0.3) is 5.69 Å². The molecule has 0 aromatic heterocycles. The molecule has 1 fully saturated rings. The van der Waals surface area contributed by atoms with Crippen molar-refractivity contribution in [3.05, 3.63) is 34.4 Å². The molecule has 1 aromatic carbocycles. The van der Waals surface area contributed by atoms with E-state index in [0.717, 1.165) is 19.5 Å². The molecule has 0 bridgehead atoms. The average molecular weight is 292 g/mol. The number of rotatable bonds is 6. The van der Waals surface area contributed by atoms with E-state index < -0.39 is 4.92 Å². The Hall–Kier alpha value is -2.15. The lowest BCUT2D eigenvalue weighted by molar-refractivity contribution is -0.384. The number of para-hydroxylation sites is 2. The van der Waals surface area contributed by atoms with Crippen molar-refractivity contribution in [1.29, 1.82) is 0 Å². The summed E-state index contributed by atoms with van der Waals surface area (Å²) in [6.07, 6.45) is 1.28.